The number of aryl methyl sites for hydroxylation is 1. The molecule has 0 spiro atoms. The number of nitrogens with one attached hydrogen (secondary N) is 1. The Labute approximate surface area is 150 Å². The van der Waals surface area contributed by atoms with Gasteiger partial charge >= 0.3 is 0 Å². The second-order valence-electron chi connectivity index (χ2n) is 5.89. The molecule has 1 atom stereocenters. The second kappa shape index (κ2) is 7.90. The molecule has 1 heterocycles. The number of carbonyl (C=O) groups excluding carboxylic acids is 1. The first kappa shape index (κ1) is 17.1. The van der Waals surface area contributed by atoms with Crippen LogP contribution in [0.5, 0.6) is 0 Å². The van der Waals surface area contributed by atoms with Gasteiger partial charge < -0.3 is 11.1 Å². The van der Waals surface area contributed by atoms with Crippen molar-refractivity contribution in [3.63, 3.8) is 0 Å². The fourth-order valence-corrected chi connectivity index (χ4v) is 3.23. The molecule has 128 valence electrons. The summed E-state index contributed by atoms with van der Waals surface area (Å²) in [6, 6.07) is 18.4. The molecule has 3 aromatic rings. The van der Waals surface area contributed by atoms with Crippen LogP contribution in [0.25, 0.3) is 0 Å². The van der Waals surface area contributed by atoms with Crippen molar-refractivity contribution in [2.75, 3.05) is 5.73 Å². The van der Waals surface area contributed by atoms with Crippen molar-refractivity contribution in [1.29, 1.82) is 0 Å². The predicted molar refractivity (Wildman–Crippen MR) is 100 cm³/mol. The van der Waals surface area contributed by atoms with Crippen LogP contribution < -0.4 is 11.1 Å². The van der Waals surface area contributed by atoms with E-state index in [1.54, 1.807) is 0 Å². The lowest BCUT2D eigenvalue weighted by molar-refractivity contribution is -0.121. The van der Waals surface area contributed by atoms with Crippen LogP contribution in [0.4, 0.5) is 5.13 Å². The Bertz CT molecular complexity index is 830. The molecular weight excluding hydrogens is 332 g/mol. The third-order valence-corrected chi connectivity index (χ3v) is 4.74. The summed E-state index contributed by atoms with van der Waals surface area (Å²) in [4.78, 5) is 12.5. The molecule has 0 saturated carbocycles. The van der Waals surface area contributed by atoms with Gasteiger partial charge in [-0.3, -0.25) is 4.79 Å². The molecule has 1 amide bonds. The standard InChI is InChI=1S/C19H20N4OS/c1-13-7-9-15(10-8-13)16(14-5-3-2-4-6-14)11-17(24)21-12-18-22-23-19(20)25-18/h2-10,16H,11-12H2,1H3,(H2,20,23)(H,21,24)/t16-/m0/s1. The van der Waals surface area contributed by atoms with Gasteiger partial charge in [-0.2, -0.15) is 0 Å². The number of rotatable bonds is 6. The third-order valence-electron chi connectivity index (χ3n) is 3.99. The highest BCUT2D eigenvalue weighted by molar-refractivity contribution is 7.15. The van der Waals surface area contributed by atoms with Gasteiger partial charge in [-0.05, 0) is 18.1 Å². The van der Waals surface area contributed by atoms with Crippen LogP contribution in [0.15, 0.2) is 54.6 Å². The largest absolute Gasteiger partial charge is 0.374 e. The first-order valence-corrected chi connectivity index (χ1v) is 8.89. The zero-order valence-corrected chi connectivity index (χ0v) is 14.8. The van der Waals surface area contributed by atoms with Crippen LogP contribution in [0.3, 0.4) is 0 Å². The zero-order valence-electron chi connectivity index (χ0n) is 14.0. The Hall–Kier alpha value is -2.73. The van der Waals surface area contributed by atoms with E-state index in [2.05, 4.69) is 58.8 Å². The van der Waals surface area contributed by atoms with Gasteiger partial charge in [0.1, 0.15) is 5.01 Å². The molecule has 0 unspecified atom stereocenters. The maximum absolute atomic E-state index is 12.5. The van der Waals surface area contributed by atoms with Crippen molar-refractivity contribution in [2.45, 2.75) is 25.8 Å². The van der Waals surface area contributed by atoms with E-state index in [0.717, 1.165) is 11.1 Å². The molecule has 25 heavy (non-hydrogen) atoms. The average molecular weight is 352 g/mol. The number of carbonyl (C=O) groups is 1. The number of nitrogens with zero attached hydrogens (tertiary/aromatic N) is 2. The van der Waals surface area contributed by atoms with Gasteiger partial charge in [0.15, 0.2) is 0 Å². The molecule has 2 aromatic carbocycles. The molecule has 6 heteroatoms. The Balaban J connectivity index is 1.73. The van der Waals surface area contributed by atoms with E-state index in [9.17, 15) is 4.79 Å². The number of nitrogens with two attached hydrogens (primary N) is 1. The summed E-state index contributed by atoms with van der Waals surface area (Å²) in [6.07, 6.45) is 0.376. The summed E-state index contributed by atoms with van der Waals surface area (Å²) < 4.78 is 0. The Morgan fingerprint density at radius 3 is 2.40 bits per heavy atom. The Morgan fingerprint density at radius 2 is 1.76 bits per heavy atom. The minimum atomic E-state index is -0.0248. The fourth-order valence-electron chi connectivity index (χ4n) is 2.68. The number of aromatic nitrogens is 2. The highest BCUT2D eigenvalue weighted by Crippen LogP contribution is 2.28. The van der Waals surface area contributed by atoms with Crippen molar-refractivity contribution >= 4 is 22.4 Å². The Morgan fingerprint density at radius 1 is 1.08 bits per heavy atom. The van der Waals surface area contributed by atoms with E-state index >= 15 is 0 Å². The maximum atomic E-state index is 12.5. The smallest absolute Gasteiger partial charge is 0.221 e. The first-order valence-electron chi connectivity index (χ1n) is 8.08. The maximum Gasteiger partial charge on any atom is 0.221 e. The molecule has 0 bridgehead atoms. The number of benzene rings is 2. The first-order chi connectivity index (χ1) is 12.1. The fraction of sp³-hybridized carbons (Fsp3) is 0.211. The summed E-state index contributed by atoms with van der Waals surface area (Å²) in [5, 5.41) is 11.7. The topological polar surface area (TPSA) is 80.9 Å². The minimum absolute atomic E-state index is 0.0151. The van der Waals surface area contributed by atoms with Crippen molar-refractivity contribution in [3.8, 4) is 0 Å². The van der Waals surface area contributed by atoms with Gasteiger partial charge in [0, 0.05) is 12.3 Å². The average Bonchev–Trinajstić information content (AvgIpc) is 3.05. The Kier molecular flexibility index (Phi) is 5.40. The highest BCUT2D eigenvalue weighted by atomic mass is 32.1. The van der Waals surface area contributed by atoms with Crippen LogP contribution in [0, 0.1) is 6.92 Å². The van der Waals surface area contributed by atoms with Crippen molar-refractivity contribution in [3.05, 3.63) is 76.3 Å². The van der Waals surface area contributed by atoms with E-state index in [1.807, 2.05) is 18.2 Å². The predicted octanol–water partition coefficient (Wildman–Crippen LogP) is 3.27. The minimum Gasteiger partial charge on any atom is -0.374 e. The molecule has 0 fully saturated rings. The lowest BCUT2D eigenvalue weighted by atomic mass is 9.88. The quantitative estimate of drug-likeness (QED) is 0.713. The number of hydrogen-bond acceptors (Lipinski definition) is 5. The van der Waals surface area contributed by atoms with E-state index < -0.39 is 0 Å². The molecule has 5 nitrogen and oxygen atoms in total. The van der Waals surface area contributed by atoms with Gasteiger partial charge in [-0.1, -0.05) is 71.5 Å². The van der Waals surface area contributed by atoms with Crippen molar-refractivity contribution in [1.82, 2.24) is 15.5 Å². The monoisotopic (exact) mass is 352 g/mol. The lowest BCUT2D eigenvalue weighted by Crippen LogP contribution is -2.25. The van der Waals surface area contributed by atoms with Gasteiger partial charge in [0.2, 0.25) is 11.0 Å². The number of hydrogen-bond donors (Lipinski definition) is 2. The number of amides is 1. The lowest BCUT2D eigenvalue weighted by Gasteiger charge is -2.18. The molecule has 0 aliphatic heterocycles. The second-order valence-corrected chi connectivity index (χ2v) is 6.98. The normalized spacial score (nSPS) is 11.9. The van der Waals surface area contributed by atoms with Crippen LogP contribution in [-0.2, 0) is 11.3 Å². The third kappa shape index (κ3) is 4.64. The summed E-state index contributed by atoms with van der Waals surface area (Å²) in [6.45, 7) is 2.41. The van der Waals surface area contributed by atoms with E-state index in [4.69, 9.17) is 5.73 Å². The van der Waals surface area contributed by atoms with Crippen LogP contribution in [0.2, 0.25) is 0 Å². The van der Waals surface area contributed by atoms with E-state index in [-0.39, 0.29) is 11.8 Å². The summed E-state index contributed by atoms with van der Waals surface area (Å²) in [7, 11) is 0. The van der Waals surface area contributed by atoms with Gasteiger partial charge in [-0.15, -0.1) is 10.2 Å². The molecule has 1 aromatic heterocycles. The van der Waals surface area contributed by atoms with Crippen LogP contribution in [0.1, 0.15) is 34.0 Å². The molecule has 3 rings (SSSR count). The van der Waals surface area contributed by atoms with Crippen molar-refractivity contribution < 1.29 is 4.79 Å². The SMILES string of the molecule is Cc1ccc([C@@H](CC(=O)NCc2nnc(N)s2)c2ccccc2)cc1. The number of nitrogen functional groups attached to an aromatic ring is 1. The molecule has 0 saturated heterocycles. The molecule has 3 N–H and O–H groups in total. The van der Waals surface area contributed by atoms with E-state index in [0.29, 0.717) is 23.1 Å². The zero-order chi connectivity index (χ0) is 17.6. The van der Waals surface area contributed by atoms with Gasteiger partial charge in [0.25, 0.3) is 0 Å². The van der Waals surface area contributed by atoms with Crippen LogP contribution >= 0.6 is 11.3 Å². The highest BCUT2D eigenvalue weighted by Gasteiger charge is 2.18. The summed E-state index contributed by atoms with van der Waals surface area (Å²) >= 11 is 1.28. The molecule has 0 aliphatic carbocycles. The molecule has 0 radical (unpaired) electrons. The number of anilines is 1. The van der Waals surface area contributed by atoms with Gasteiger partial charge in [0.05, 0.1) is 6.54 Å². The van der Waals surface area contributed by atoms with Gasteiger partial charge in [-0.25, -0.2) is 0 Å². The van der Waals surface area contributed by atoms with E-state index in [1.165, 1.54) is 16.9 Å². The van der Waals surface area contributed by atoms with Crippen molar-refractivity contribution in [2.24, 2.45) is 0 Å². The summed E-state index contributed by atoms with van der Waals surface area (Å²) in [5.41, 5.74) is 9.02. The van der Waals surface area contributed by atoms with Crippen LogP contribution in [-0.4, -0.2) is 16.1 Å². The summed E-state index contributed by atoms with van der Waals surface area (Å²) in [5.74, 6) is -0.00973. The molecular formula is C19H20N4OS. The molecule has 0 aliphatic rings.